The molecule has 4 N–H and O–H groups in total. The molecule has 0 spiro atoms. The number of carboxylic acid groups (broad SMARTS) is 1. The van der Waals surface area contributed by atoms with E-state index in [2.05, 4.69) is 20.9 Å². The highest BCUT2D eigenvalue weighted by Crippen LogP contribution is 2.30. The summed E-state index contributed by atoms with van der Waals surface area (Å²) in [5, 5.41) is 18.2. The number of hydrogen-bond acceptors (Lipinski definition) is 6. The third kappa shape index (κ3) is 10.8. The number of ether oxygens (including phenoxy) is 1. The predicted octanol–water partition coefficient (Wildman–Crippen LogP) is 6.80. The van der Waals surface area contributed by atoms with Gasteiger partial charge in [-0.15, -0.1) is 0 Å². The average Bonchev–Trinajstić information content (AvgIpc) is 3.07. The summed E-state index contributed by atoms with van der Waals surface area (Å²) >= 11 is 0. The minimum atomic E-state index is -0.990. The maximum Gasteiger partial charge on any atom is 0.407 e. The number of nitrogens with zero attached hydrogens (tertiary/aromatic N) is 1. The van der Waals surface area contributed by atoms with Crippen molar-refractivity contribution in [2.24, 2.45) is 16.8 Å². The number of carboxylic acids is 1. The quantitative estimate of drug-likeness (QED) is 0.165. The van der Waals surface area contributed by atoms with Gasteiger partial charge in [0.25, 0.3) is 0 Å². The Morgan fingerprint density at radius 2 is 1.55 bits per heavy atom. The summed E-state index contributed by atoms with van der Waals surface area (Å²) in [5.74, 6) is -1.48. The number of amides is 3. The number of aromatic carboxylic acids is 1. The van der Waals surface area contributed by atoms with Crippen LogP contribution in [0, 0.1) is 18.8 Å². The van der Waals surface area contributed by atoms with Crippen LogP contribution in [0.1, 0.15) is 80.4 Å². The van der Waals surface area contributed by atoms with Crippen molar-refractivity contribution in [2.75, 3.05) is 18.9 Å². The lowest BCUT2D eigenvalue weighted by molar-refractivity contribution is -0.130. The van der Waals surface area contributed by atoms with E-state index in [4.69, 9.17) is 4.74 Å². The highest BCUT2D eigenvalue weighted by molar-refractivity contribution is 6.00. The number of hydrogen-bond donors (Lipinski definition) is 4. The number of anilines is 1. The molecule has 1 atom stereocenters. The van der Waals surface area contributed by atoms with E-state index in [1.807, 2.05) is 77.1 Å². The standard InChI is InChI=1S/C39H48N4O6/c1-24-7-8-27(21-33(24)29-13-15-31(16-14-29)37(46)47)22-34(36(45)42-32-19-17-28(18-20-32)25(2)40-6)43-35(44)30-11-9-26(10-12-30)23-41-38(48)49-39(3,4)5/h7-8,13-21,26,30,34H,9-12,22-23H2,1-6H3,(H,41,48)(H,42,45)(H,43,44)(H,46,47)/t26?,30?,34-/m0/s1. The van der Waals surface area contributed by atoms with Crippen LogP contribution in [0.5, 0.6) is 0 Å². The molecule has 0 heterocycles. The number of rotatable bonds is 11. The summed E-state index contributed by atoms with van der Waals surface area (Å²) in [7, 11) is 1.73. The van der Waals surface area contributed by atoms with Crippen LogP contribution in [0.25, 0.3) is 11.1 Å². The molecular formula is C39H48N4O6. The first kappa shape index (κ1) is 36.8. The fraction of sp³-hybridized carbons (Fsp3) is 0.410. The van der Waals surface area contributed by atoms with E-state index in [9.17, 15) is 24.3 Å². The smallest absolute Gasteiger partial charge is 0.407 e. The zero-order valence-electron chi connectivity index (χ0n) is 29.3. The van der Waals surface area contributed by atoms with Crippen LogP contribution in [0.2, 0.25) is 0 Å². The number of aliphatic imine (C=N–C) groups is 1. The Morgan fingerprint density at radius 3 is 2.14 bits per heavy atom. The second kappa shape index (κ2) is 16.4. The van der Waals surface area contributed by atoms with Gasteiger partial charge in [0.05, 0.1) is 5.56 Å². The van der Waals surface area contributed by atoms with Crippen LogP contribution >= 0.6 is 0 Å². The molecule has 260 valence electrons. The summed E-state index contributed by atoms with van der Waals surface area (Å²) in [6.07, 6.45) is 2.68. The van der Waals surface area contributed by atoms with E-state index in [1.54, 1.807) is 31.3 Å². The fourth-order valence-electron chi connectivity index (χ4n) is 5.96. The van der Waals surface area contributed by atoms with Crippen LogP contribution in [0.15, 0.2) is 71.7 Å². The number of alkyl carbamates (subject to hydrolysis) is 1. The Balaban J connectivity index is 1.48. The highest BCUT2D eigenvalue weighted by Gasteiger charge is 2.30. The molecule has 10 heteroatoms. The van der Waals surface area contributed by atoms with Crippen molar-refractivity contribution in [1.82, 2.24) is 10.6 Å². The van der Waals surface area contributed by atoms with Crippen LogP contribution in [0.3, 0.4) is 0 Å². The zero-order chi connectivity index (χ0) is 35.7. The van der Waals surface area contributed by atoms with Gasteiger partial charge in [-0.25, -0.2) is 9.59 Å². The molecule has 4 rings (SSSR count). The topological polar surface area (TPSA) is 146 Å². The van der Waals surface area contributed by atoms with Gasteiger partial charge < -0.3 is 25.8 Å². The van der Waals surface area contributed by atoms with E-state index in [0.29, 0.717) is 25.1 Å². The molecule has 0 aliphatic heterocycles. The summed E-state index contributed by atoms with van der Waals surface area (Å²) in [6.45, 7) is 9.85. The Hall–Kier alpha value is -4.99. The number of aryl methyl sites for hydroxylation is 1. The molecule has 3 aromatic rings. The van der Waals surface area contributed by atoms with Crippen molar-refractivity contribution >= 4 is 35.3 Å². The van der Waals surface area contributed by atoms with Crippen molar-refractivity contribution in [3.8, 4) is 11.1 Å². The lowest BCUT2D eigenvalue weighted by Gasteiger charge is -2.29. The molecular weight excluding hydrogens is 620 g/mol. The van der Waals surface area contributed by atoms with Gasteiger partial charge >= 0.3 is 12.1 Å². The second-order valence-corrected chi connectivity index (χ2v) is 13.8. The highest BCUT2D eigenvalue weighted by atomic mass is 16.6. The van der Waals surface area contributed by atoms with Gasteiger partial charge in [-0.3, -0.25) is 14.6 Å². The molecule has 1 aliphatic rings. The van der Waals surface area contributed by atoms with Crippen molar-refractivity contribution in [3.05, 3.63) is 89.0 Å². The molecule has 49 heavy (non-hydrogen) atoms. The van der Waals surface area contributed by atoms with Gasteiger partial charge in [0.1, 0.15) is 11.6 Å². The number of carbonyl (C=O) groups is 4. The number of benzene rings is 3. The minimum absolute atomic E-state index is 0.166. The third-order valence-corrected chi connectivity index (χ3v) is 8.87. The first-order valence-corrected chi connectivity index (χ1v) is 16.8. The van der Waals surface area contributed by atoms with Gasteiger partial charge in [0.15, 0.2) is 0 Å². The normalized spacial score (nSPS) is 17.1. The van der Waals surface area contributed by atoms with Gasteiger partial charge in [-0.1, -0.05) is 42.5 Å². The molecule has 1 saturated carbocycles. The Bertz CT molecular complexity index is 1670. The Morgan fingerprint density at radius 1 is 0.918 bits per heavy atom. The number of nitrogens with one attached hydrogen (secondary N) is 3. The van der Waals surface area contributed by atoms with Gasteiger partial charge in [-0.2, -0.15) is 0 Å². The second-order valence-electron chi connectivity index (χ2n) is 13.8. The van der Waals surface area contributed by atoms with E-state index in [0.717, 1.165) is 46.4 Å². The average molecular weight is 669 g/mol. The summed E-state index contributed by atoms with van der Waals surface area (Å²) in [4.78, 5) is 55.1. The maximum absolute atomic E-state index is 13.8. The van der Waals surface area contributed by atoms with Crippen LogP contribution in [0.4, 0.5) is 10.5 Å². The van der Waals surface area contributed by atoms with E-state index in [1.165, 1.54) is 0 Å². The predicted molar refractivity (Wildman–Crippen MR) is 192 cm³/mol. The summed E-state index contributed by atoms with van der Waals surface area (Å²) in [6, 6.07) is 19.2. The zero-order valence-corrected chi connectivity index (χ0v) is 29.3. The summed E-state index contributed by atoms with van der Waals surface area (Å²) < 4.78 is 5.34. The lowest BCUT2D eigenvalue weighted by Crippen LogP contribution is -2.48. The minimum Gasteiger partial charge on any atom is -0.478 e. The first-order chi connectivity index (χ1) is 23.2. The molecule has 1 fully saturated rings. The first-order valence-electron chi connectivity index (χ1n) is 16.8. The van der Waals surface area contributed by atoms with Crippen molar-refractivity contribution in [2.45, 2.75) is 78.4 Å². The monoisotopic (exact) mass is 668 g/mol. The molecule has 3 amide bonds. The third-order valence-electron chi connectivity index (χ3n) is 8.87. The van der Waals surface area contributed by atoms with E-state index in [-0.39, 0.29) is 35.6 Å². The SMILES string of the molecule is CN=C(C)c1ccc(NC(=O)[C@H](Cc2ccc(C)c(-c3ccc(C(=O)O)cc3)c2)NC(=O)C2CCC(CNC(=O)OC(C)(C)C)CC2)cc1. The van der Waals surface area contributed by atoms with Crippen LogP contribution in [-0.4, -0.2) is 59.9 Å². The van der Waals surface area contributed by atoms with Crippen molar-refractivity contribution < 1.29 is 29.0 Å². The summed E-state index contributed by atoms with van der Waals surface area (Å²) in [5.41, 5.74) is 5.71. The molecule has 0 aromatic heterocycles. The Labute approximate surface area is 288 Å². The van der Waals surface area contributed by atoms with E-state index >= 15 is 0 Å². The van der Waals surface area contributed by atoms with E-state index < -0.39 is 23.7 Å². The number of carbonyl (C=O) groups excluding carboxylic acids is 3. The fourth-order valence-corrected chi connectivity index (χ4v) is 5.96. The molecule has 10 nitrogen and oxygen atoms in total. The van der Waals surface area contributed by atoms with Gasteiger partial charge in [-0.05, 0) is 118 Å². The molecule has 0 bridgehead atoms. The Kier molecular flexibility index (Phi) is 12.3. The molecule has 1 aliphatic carbocycles. The maximum atomic E-state index is 13.8. The van der Waals surface area contributed by atoms with Crippen molar-refractivity contribution in [3.63, 3.8) is 0 Å². The van der Waals surface area contributed by atoms with Crippen LogP contribution in [-0.2, 0) is 20.7 Å². The van der Waals surface area contributed by atoms with Crippen LogP contribution < -0.4 is 16.0 Å². The molecule has 0 saturated heterocycles. The molecule has 3 aromatic carbocycles. The largest absolute Gasteiger partial charge is 0.478 e. The lowest BCUT2D eigenvalue weighted by atomic mass is 9.81. The van der Waals surface area contributed by atoms with Crippen molar-refractivity contribution in [1.29, 1.82) is 0 Å². The van der Waals surface area contributed by atoms with Gasteiger partial charge in [0.2, 0.25) is 11.8 Å². The van der Waals surface area contributed by atoms with Gasteiger partial charge in [0, 0.05) is 37.3 Å². The molecule has 0 radical (unpaired) electrons. The molecule has 0 unspecified atom stereocenters.